The van der Waals surface area contributed by atoms with E-state index in [2.05, 4.69) is 20.7 Å². The topological polar surface area (TPSA) is 79.4 Å². The lowest BCUT2D eigenvalue weighted by Gasteiger charge is -2.08. The second kappa shape index (κ2) is 8.75. The number of hydrogen-bond acceptors (Lipinski definition) is 4. The van der Waals surface area contributed by atoms with Gasteiger partial charge in [-0.15, -0.1) is 0 Å². The van der Waals surface area contributed by atoms with E-state index in [1.165, 1.54) is 18.3 Å². The third kappa shape index (κ3) is 4.78. The summed E-state index contributed by atoms with van der Waals surface area (Å²) in [7, 11) is 0. The first-order valence-corrected chi connectivity index (χ1v) is 8.54. The van der Waals surface area contributed by atoms with Gasteiger partial charge in [-0.3, -0.25) is 9.89 Å². The van der Waals surface area contributed by atoms with Crippen molar-refractivity contribution in [3.05, 3.63) is 71.7 Å². The normalized spacial score (nSPS) is 10.9. The summed E-state index contributed by atoms with van der Waals surface area (Å²) in [5.74, 6) is -0.0458. The van der Waals surface area contributed by atoms with Crippen LogP contribution in [0.2, 0.25) is 0 Å². The van der Waals surface area contributed by atoms with Crippen LogP contribution in [0.15, 0.2) is 59.7 Å². The number of amides is 1. The minimum Gasteiger partial charge on any atom is -0.493 e. The van der Waals surface area contributed by atoms with Crippen LogP contribution in [0.4, 0.5) is 4.39 Å². The van der Waals surface area contributed by atoms with Gasteiger partial charge in [0.1, 0.15) is 17.3 Å². The summed E-state index contributed by atoms with van der Waals surface area (Å²) in [5, 5.41) is 10.8. The standard InChI is InChI=1S/C20H19FN4O2/c1-2-11-27-19-6-4-3-5-16(19)17-12-18(24-23-17)20(26)25-22-13-14-7-9-15(21)10-8-14/h3-10,12-13H,2,11H2,1H3,(H,23,24)(H,25,26). The lowest BCUT2D eigenvalue weighted by Crippen LogP contribution is -2.17. The van der Waals surface area contributed by atoms with E-state index in [1.54, 1.807) is 18.2 Å². The molecule has 1 aromatic heterocycles. The third-order valence-corrected chi connectivity index (χ3v) is 3.70. The highest BCUT2D eigenvalue weighted by Crippen LogP contribution is 2.28. The fourth-order valence-electron chi connectivity index (χ4n) is 2.37. The molecule has 27 heavy (non-hydrogen) atoms. The molecule has 2 N–H and O–H groups in total. The predicted octanol–water partition coefficient (Wildman–Crippen LogP) is 3.77. The van der Waals surface area contributed by atoms with Crippen LogP contribution in [0.25, 0.3) is 11.3 Å². The Bertz CT molecular complexity index is 935. The van der Waals surface area contributed by atoms with Crippen molar-refractivity contribution in [3.63, 3.8) is 0 Å². The molecule has 0 aliphatic heterocycles. The molecule has 0 bridgehead atoms. The zero-order chi connectivity index (χ0) is 19.1. The summed E-state index contributed by atoms with van der Waals surface area (Å²) in [6.07, 6.45) is 2.33. The van der Waals surface area contributed by atoms with Gasteiger partial charge in [0.15, 0.2) is 0 Å². The van der Waals surface area contributed by atoms with Crippen molar-refractivity contribution >= 4 is 12.1 Å². The number of carbonyl (C=O) groups is 1. The number of aromatic amines is 1. The zero-order valence-electron chi connectivity index (χ0n) is 14.8. The molecule has 2 aromatic carbocycles. The van der Waals surface area contributed by atoms with Gasteiger partial charge in [-0.1, -0.05) is 31.2 Å². The molecule has 0 atom stereocenters. The van der Waals surface area contributed by atoms with Gasteiger partial charge in [-0.25, -0.2) is 9.82 Å². The second-order valence-electron chi connectivity index (χ2n) is 5.76. The highest BCUT2D eigenvalue weighted by Gasteiger charge is 2.13. The van der Waals surface area contributed by atoms with Crippen LogP contribution < -0.4 is 10.2 Å². The molecule has 3 aromatic rings. The molecule has 138 valence electrons. The van der Waals surface area contributed by atoms with Gasteiger partial charge in [0, 0.05) is 5.56 Å². The summed E-state index contributed by atoms with van der Waals surface area (Å²) in [6.45, 7) is 2.64. The molecule has 0 saturated carbocycles. The fourth-order valence-corrected chi connectivity index (χ4v) is 2.37. The Morgan fingerprint density at radius 2 is 2.04 bits per heavy atom. The van der Waals surface area contributed by atoms with Crippen LogP contribution in [0.5, 0.6) is 5.75 Å². The van der Waals surface area contributed by atoms with Crippen molar-refractivity contribution in [1.82, 2.24) is 15.6 Å². The third-order valence-electron chi connectivity index (χ3n) is 3.70. The monoisotopic (exact) mass is 366 g/mol. The number of carbonyl (C=O) groups excluding carboxylic acids is 1. The number of ether oxygens (including phenoxy) is 1. The van der Waals surface area contributed by atoms with Crippen molar-refractivity contribution in [2.24, 2.45) is 5.10 Å². The Balaban J connectivity index is 1.68. The van der Waals surface area contributed by atoms with Crippen molar-refractivity contribution in [2.45, 2.75) is 13.3 Å². The van der Waals surface area contributed by atoms with Gasteiger partial charge in [0.05, 0.1) is 18.5 Å². The largest absolute Gasteiger partial charge is 0.493 e. The van der Waals surface area contributed by atoms with Crippen LogP contribution in [0.3, 0.4) is 0 Å². The highest BCUT2D eigenvalue weighted by atomic mass is 19.1. The predicted molar refractivity (Wildman–Crippen MR) is 101 cm³/mol. The van der Waals surface area contributed by atoms with E-state index in [0.717, 1.165) is 12.0 Å². The van der Waals surface area contributed by atoms with Crippen LogP contribution in [0, 0.1) is 5.82 Å². The Kier molecular flexibility index (Phi) is 5.94. The highest BCUT2D eigenvalue weighted by molar-refractivity contribution is 5.94. The van der Waals surface area contributed by atoms with Crippen molar-refractivity contribution in [2.75, 3.05) is 6.61 Å². The molecule has 6 nitrogen and oxygen atoms in total. The van der Waals surface area contributed by atoms with Crippen LogP contribution in [-0.2, 0) is 0 Å². The number of para-hydroxylation sites is 1. The smallest absolute Gasteiger partial charge is 0.289 e. The molecular formula is C20H19FN4O2. The van der Waals surface area contributed by atoms with Crippen molar-refractivity contribution in [3.8, 4) is 17.0 Å². The molecule has 1 heterocycles. The average Bonchev–Trinajstić information content (AvgIpc) is 3.18. The maximum atomic E-state index is 12.9. The molecule has 1 amide bonds. The maximum Gasteiger partial charge on any atom is 0.289 e. The molecule has 0 fully saturated rings. The number of halogens is 1. The Morgan fingerprint density at radius 3 is 2.81 bits per heavy atom. The number of benzene rings is 2. The van der Waals surface area contributed by atoms with Crippen molar-refractivity contribution in [1.29, 1.82) is 0 Å². The summed E-state index contributed by atoms with van der Waals surface area (Å²) in [5.41, 5.74) is 4.76. The number of hydrazone groups is 1. The molecule has 0 saturated heterocycles. The number of hydrogen-bond donors (Lipinski definition) is 2. The molecule has 3 rings (SSSR count). The maximum absolute atomic E-state index is 12.9. The minimum absolute atomic E-state index is 0.270. The molecule has 0 spiro atoms. The first kappa shape index (κ1) is 18.3. The molecular weight excluding hydrogens is 347 g/mol. The first-order chi connectivity index (χ1) is 13.2. The van der Waals surface area contributed by atoms with E-state index in [0.29, 0.717) is 23.6 Å². The lowest BCUT2D eigenvalue weighted by atomic mass is 10.1. The summed E-state index contributed by atoms with van der Waals surface area (Å²) in [4.78, 5) is 12.2. The van der Waals surface area contributed by atoms with Gasteiger partial charge < -0.3 is 4.74 Å². The van der Waals surface area contributed by atoms with Crippen molar-refractivity contribution < 1.29 is 13.9 Å². The van der Waals surface area contributed by atoms with Gasteiger partial charge in [-0.05, 0) is 42.3 Å². The number of aromatic nitrogens is 2. The zero-order valence-corrected chi connectivity index (χ0v) is 14.8. The molecule has 7 heteroatoms. The van der Waals surface area contributed by atoms with E-state index >= 15 is 0 Å². The summed E-state index contributed by atoms with van der Waals surface area (Å²) < 4.78 is 18.6. The van der Waals surface area contributed by atoms with E-state index < -0.39 is 5.91 Å². The van der Waals surface area contributed by atoms with Gasteiger partial charge in [-0.2, -0.15) is 10.2 Å². The van der Waals surface area contributed by atoms with E-state index in [4.69, 9.17) is 4.74 Å². The van der Waals surface area contributed by atoms with E-state index in [-0.39, 0.29) is 11.5 Å². The number of H-pyrrole nitrogens is 1. The molecule has 0 unspecified atom stereocenters. The number of rotatable bonds is 7. The van der Waals surface area contributed by atoms with Crippen LogP contribution in [0.1, 0.15) is 29.4 Å². The van der Waals surface area contributed by atoms with E-state index in [9.17, 15) is 9.18 Å². The number of nitrogens with one attached hydrogen (secondary N) is 2. The lowest BCUT2D eigenvalue weighted by molar-refractivity contribution is 0.0950. The second-order valence-corrected chi connectivity index (χ2v) is 5.76. The molecule has 0 aliphatic rings. The molecule has 0 aliphatic carbocycles. The average molecular weight is 366 g/mol. The number of nitrogens with zero attached hydrogens (tertiary/aromatic N) is 2. The van der Waals surface area contributed by atoms with Gasteiger partial charge >= 0.3 is 0 Å². The first-order valence-electron chi connectivity index (χ1n) is 8.54. The van der Waals surface area contributed by atoms with Gasteiger partial charge in [0.25, 0.3) is 5.91 Å². The Morgan fingerprint density at radius 1 is 1.26 bits per heavy atom. The SMILES string of the molecule is CCCOc1ccccc1-c1cc(C(=O)NN=Cc2ccc(F)cc2)[nH]n1. The quantitative estimate of drug-likeness (QED) is 0.493. The van der Waals surface area contributed by atoms with E-state index in [1.807, 2.05) is 31.2 Å². The van der Waals surface area contributed by atoms with Crippen LogP contribution >= 0.6 is 0 Å². The fraction of sp³-hybridized carbons (Fsp3) is 0.150. The van der Waals surface area contributed by atoms with Gasteiger partial charge in [0.2, 0.25) is 0 Å². The van der Waals surface area contributed by atoms with Crippen LogP contribution in [-0.4, -0.2) is 28.9 Å². The molecule has 0 radical (unpaired) electrons. The Hall–Kier alpha value is -3.48. The Labute approximate surface area is 156 Å². The summed E-state index contributed by atoms with van der Waals surface area (Å²) >= 11 is 0. The summed E-state index contributed by atoms with van der Waals surface area (Å²) in [6, 6.07) is 14.9. The minimum atomic E-state index is -0.431.